The molecule has 0 aromatic heterocycles. The van der Waals surface area contributed by atoms with E-state index in [9.17, 15) is 13.2 Å². The van der Waals surface area contributed by atoms with E-state index in [1.54, 1.807) is 0 Å². The highest BCUT2D eigenvalue weighted by Crippen LogP contribution is 2.36. The van der Waals surface area contributed by atoms with E-state index < -0.39 is 17.8 Å². The molecule has 1 aromatic rings. The second kappa shape index (κ2) is 4.26. The molecule has 0 aliphatic heterocycles. The van der Waals surface area contributed by atoms with Crippen LogP contribution in [0.15, 0.2) is 24.3 Å². The maximum absolute atomic E-state index is 12.5. The lowest BCUT2D eigenvalue weighted by molar-refractivity contribution is -0.139. The number of benzene rings is 1. The summed E-state index contributed by atoms with van der Waals surface area (Å²) in [6, 6.07) is 4.97. The van der Waals surface area contributed by atoms with E-state index >= 15 is 0 Å². The van der Waals surface area contributed by atoms with Gasteiger partial charge in [0.15, 0.2) is 6.10 Å². The monoisotopic (exact) mass is 214 g/mol. The lowest BCUT2D eigenvalue weighted by Crippen LogP contribution is -2.13. The minimum Gasteiger partial charge on any atom is -0.477 e. The third-order valence-electron chi connectivity index (χ3n) is 1.73. The van der Waals surface area contributed by atoms with Crippen LogP contribution in [0.1, 0.15) is 12.5 Å². The lowest BCUT2D eigenvalue weighted by atomic mass is 10.2. The predicted octanol–water partition coefficient (Wildman–Crippen LogP) is 3.11. The van der Waals surface area contributed by atoms with Crippen LogP contribution in [0.2, 0.25) is 0 Å². The van der Waals surface area contributed by atoms with Crippen LogP contribution in [0.3, 0.4) is 0 Å². The van der Waals surface area contributed by atoms with Gasteiger partial charge < -0.3 is 4.74 Å². The Labute approximate surface area is 85.9 Å². The molecule has 0 N–H and O–H groups in total. The zero-order valence-corrected chi connectivity index (χ0v) is 8.01. The van der Waals surface area contributed by atoms with Gasteiger partial charge in [0.2, 0.25) is 0 Å². The summed E-state index contributed by atoms with van der Waals surface area (Å²) in [4.78, 5) is 0. The fraction of sp³-hybridized carbons (Fsp3) is 0.273. The maximum atomic E-state index is 12.5. The number of hydrogen-bond acceptors (Lipinski definition) is 1. The summed E-state index contributed by atoms with van der Waals surface area (Å²) in [5.74, 6) is 1.96. The maximum Gasteiger partial charge on any atom is 0.419 e. The topological polar surface area (TPSA) is 9.23 Å². The molecule has 0 heterocycles. The predicted molar refractivity (Wildman–Crippen MR) is 50.4 cm³/mol. The zero-order valence-electron chi connectivity index (χ0n) is 8.01. The van der Waals surface area contributed by atoms with Crippen molar-refractivity contribution in [3.63, 3.8) is 0 Å². The molecular formula is C11H9F3O. The number of para-hydroxylation sites is 1. The molecule has 0 saturated carbocycles. The van der Waals surface area contributed by atoms with Crippen molar-refractivity contribution in [1.29, 1.82) is 0 Å². The number of hydrogen-bond donors (Lipinski definition) is 0. The van der Waals surface area contributed by atoms with E-state index in [4.69, 9.17) is 11.2 Å². The van der Waals surface area contributed by atoms with Crippen LogP contribution < -0.4 is 4.74 Å². The first-order valence-electron chi connectivity index (χ1n) is 4.24. The summed E-state index contributed by atoms with van der Waals surface area (Å²) in [6.45, 7) is 1.51. The van der Waals surface area contributed by atoms with Gasteiger partial charge in [0.25, 0.3) is 0 Å². The summed E-state index contributed by atoms with van der Waals surface area (Å²) in [6.07, 6.45) is -0.0895. The minimum atomic E-state index is -4.43. The van der Waals surface area contributed by atoms with Gasteiger partial charge >= 0.3 is 6.18 Å². The molecule has 80 valence electrons. The summed E-state index contributed by atoms with van der Waals surface area (Å²) in [5, 5.41) is 0. The van der Waals surface area contributed by atoms with Crippen LogP contribution in [0.4, 0.5) is 13.2 Å². The van der Waals surface area contributed by atoms with Gasteiger partial charge in [0, 0.05) is 0 Å². The highest BCUT2D eigenvalue weighted by atomic mass is 19.4. The number of halogens is 3. The molecule has 0 amide bonds. The van der Waals surface area contributed by atoms with Crippen molar-refractivity contribution >= 4 is 0 Å². The van der Waals surface area contributed by atoms with Gasteiger partial charge in [-0.2, -0.15) is 13.2 Å². The highest BCUT2D eigenvalue weighted by Gasteiger charge is 2.34. The molecule has 0 saturated heterocycles. The largest absolute Gasteiger partial charge is 0.477 e. The molecule has 0 aliphatic carbocycles. The molecule has 1 nitrogen and oxygen atoms in total. The second-order valence-electron chi connectivity index (χ2n) is 2.92. The van der Waals surface area contributed by atoms with E-state index in [2.05, 4.69) is 5.92 Å². The molecular weight excluding hydrogens is 205 g/mol. The Bertz CT molecular complexity index is 376. The molecule has 0 aliphatic rings. The van der Waals surface area contributed by atoms with E-state index in [0.29, 0.717) is 0 Å². The van der Waals surface area contributed by atoms with E-state index in [-0.39, 0.29) is 5.75 Å². The van der Waals surface area contributed by atoms with Gasteiger partial charge in [-0.15, -0.1) is 6.42 Å². The summed E-state index contributed by atoms with van der Waals surface area (Å²) in [7, 11) is 0. The van der Waals surface area contributed by atoms with Crippen LogP contribution in [0.5, 0.6) is 5.75 Å². The molecule has 4 heteroatoms. The van der Waals surface area contributed by atoms with Gasteiger partial charge in [-0.05, 0) is 19.1 Å². The Kier molecular flexibility index (Phi) is 3.25. The van der Waals surface area contributed by atoms with Crippen molar-refractivity contribution < 1.29 is 17.9 Å². The summed E-state index contributed by atoms with van der Waals surface area (Å²) < 4.78 is 42.4. The molecule has 0 spiro atoms. The Hall–Kier alpha value is -1.63. The van der Waals surface area contributed by atoms with Crippen molar-refractivity contribution in [2.45, 2.75) is 19.2 Å². The highest BCUT2D eigenvalue weighted by molar-refractivity contribution is 5.36. The Morgan fingerprint density at radius 3 is 2.47 bits per heavy atom. The van der Waals surface area contributed by atoms with Crippen molar-refractivity contribution in [2.75, 3.05) is 0 Å². The van der Waals surface area contributed by atoms with Crippen LogP contribution >= 0.6 is 0 Å². The smallest absolute Gasteiger partial charge is 0.419 e. The van der Waals surface area contributed by atoms with Crippen LogP contribution in [0.25, 0.3) is 0 Å². The fourth-order valence-corrected chi connectivity index (χ4v) is 1.03. The number of terminal acetylenes is 1. The zero-order chi connectivity index (χ0) is 11.5. The molecule has 1 rings (SSSR count). The SMILES string of the molecule is C#CC(C)Oc1ccccc1C(F)(F)F. The third kappa shape index (κ3) is 2.91. The molecule has 0 bridgehead atoms. The molecule has 1 unspecified atom stereocenters. The fourth-order valence-electron chi connectivity index (χ4n) is 1.03. The standard InChI is InChI=1S/C11H9F3O/c1-3-8(2)15-10-7-5-4-6-9(10)11(12,13)14/h1,4-8H,2H3. The van der Waals surface area contributed by atoms with Crippen molar-refractivity contribution in [3.05, 3.63) is 29.8 Å². The first-order chi connectivity index (χ1) is 6.95. The Morgan fingerprint density at radius 1 is 1.33 bits per heavy atom. The van der Waals surface area contributed by atoms with Crippen molar-refractivity contribution in [1.82, 2.24) is 0 Å². The molecule has 1 atom stereocenters. The second-order valence-corrected chi connectivity index (χ2v) is 2.92. The number of rotatable bonds is 2. The average Bonchev–Trinajstić information content (AvgIpc) is 2.17. The number of ether oxygens (including phenoxy) is 1. The van der Waals surface area contributed by atoms with Crippen LogP contribution in [-0.2, 0) is 6.18 Å². The van der Waals surface area contributed by atoms with Gasteiger partial charge in [0.1, 0.15) is 5.75 Å². The van der Waals surface area contributed by atoms with E-state index in [1.807, 2.05) is 0 Å². The molecule has 15 heavy (non-hydrogen) atoms. The van der Waals surface area contributed by atoms with Crippen LogP contribution in [0, 0.1) is 12.3 Å². The van der Waals surface area contributed by atoms with Gasteiger partial charge in [-0.3, -0.25) is 0 Å². The third-order valence-corrected chi connectivity index (χ3v) is 1.73. The van der Waals surface area contributed by atoms with E-state index in [0.717, 1.165) is 6.07 Å². The molecule has 0 radical (unpaired) electrons. The van der Waals surface area contributed by atoms with Gasteiger partial charge in [-0.1, -0.05) is 18.1 Å². The first-order valence-corrected chi connectivity index (χ1v) is 4.24. The normalized spacial score (nSPS) is 13.0. The molecule has 1 aromatic carbocycles. The summed E-state index contributed by atoms with van der Waals surface area (Å²) in [5.41, 5.74) is -0.813. The Balaban J connectivity index is 3.03. The van der Waals surface area contributed by atoms with E-state index in [1.165, 1.54) is 25.1 Å². The quantitative estimate of drug-likeness (QED) is 0.687. The summed E-state index contributed by atoms with van der Waals surface area (Å²) >= 11 is 0. The molecule has 0 fully saturated rings. The number of alkyl halides is 3. The van der Waals surface area contributed by atoms with Gasteiger partial charge in [0.05, 0.1) is 5.56 Å². The van der Waals surface area contributed by atoms with Crippen molar-refractivity contribution in [3.8, 4) is 18.1 Å². The minimum absolute atomic E-state index is 0.240. The van der Waals surface area contributed by atoms with Gasteiger partial charge in [-0.25, -0.2) is 0 Å². The Morgan fingerprint density at radius 2 is 1.93 bits per heavy atom. The lowest BCUT2D eigenvalue weighted by Gasteiger charge is -2.15. The first kappa shape index (κ1) is 11.4. The average molecular weight is 214 g/mol. The van der Waals surface area contributed by atoms with Crippen LogP contribution in [-0.4, -0.2) is 6.10 Å². The van der Waals surface area contributed by atoms with Crippen molar-refractivity contribution in [2.24, 2.45) is 0 Å².